The van der Waals surface area contributed by atoms with Crippen LogP contribution >= 0.6 is 0 Å². The van der Waals surface area contributed by atoms with E-state index in [1.165, 1.54) is 44.2 Å². The first-order valence-electron chi connectivity index (χ1n) is 6.78. The Balaban J connectivity index is 2.43. The van der Waals surface area contributed by atoms with Crippen LogP contribution in [-0.4, -0.2) is 15.8 Å². The summed E-state index contributed by atoms with van der Waals surface area (Å²) in [5.74, 6) is -0.385. The Labute approximate surface area is 124 Å². The second-order valence-electron chi connectivity index (χ2n) is 5.58. The van der Waals surface area contributed by atoms with Crippen molar-refractivity contribution in [1.29, 1.82) is 0 Å². The first kappa shape index (κ1) is 15.4. The summed E-state index contributed by atoms with van der Waals surface area (Å²) < 4.78 is 13.1. The molecule has 1 atom stereocenters. The van der Waals surface area contributed by atoms with Crippen LogP contribution in [0.25, 0.3) is 6.08 Å². The molecule has 0 heterocycles. The van der Waals surface area contributed by atoms with Crippen LogP contribution in [0.4, 0.5) is 4.39 Å². The van der Waals surface area contributed by atoms with Crippen LogP contribution in [0.5, 0.6) is 0 Å². The molecule has 0 aromatic heterocycles. The van der Waals surface area contributed by atoms with Crippen molar-refractivity contribution in [2.24, 2.45) is 0 Å². The summed E-state index contributed by atoms with van der Waals surface area (Å²) in [7, 11) is 0. The van der Waals surface area contributed by atoms with E-state index in [0.29, 0.717) is 5.56 Å². The van der Waals surface area contributed by atoms with Crippen molar-refractivity contribution >= 4 is 6.08 Å². The van der Waals surface area contributed by atoms with E-state index < -0.39 is 11.2 Å². The van der Waals surface area contributed by atoms with Gasteiger partial charge in [-0.05, 0) is 43.2 Å². The molecular formula is C18H19FO2. The van der Waals surface area contributed by atoms with Crippen LogP contribution in [0.2, 0.25) is 0 Å². The van der Waals surface area contributed by atoms with Gasteiger partial charge in [0.2, 0.25) is 0 Å². The predicted molar refractivity (Wildman–Crippen MR) is 82.1 cm³/mol. The summed E-state index contributed by atoms with van der Waals surface area (Å²) in [6, 6.07) is 15.0. The van der Waals surface area contributed by atoms with E-state index in [4.69, 9.17) is 0 Å². The van der Waals surface area contributed by atoms with Crippen molar-refractivity contribution in [2.45, 2.75) is 25.0 Å². The van der Waals surface area contributed by atoms with Gasteiger partial charge in [0, 0.05) is 0 Å². The van der Waals surface area contributed by atoms with E-state index in [1.807, 2.05) is 30.3 Å². The van der Waals surface area contributed by atoms with Gasteiger partial charge >= 0.3 is 0 Å². The molecule has 0 amide bonds. The van der Waals surface area contributed by atoms with Gasteiger partial charge in [-0.2, -0.15) is 0 Å². The lowest BCUT2D eigenvalue weighted by atomic mass is 9.79. The second kappa shape index (κ2) is 5.80. The molecule has 0 aliphatic carbocycles. The fourth-order valence-corrected chi connectivity index (χ4v) is 2.14. The standard InChI is InChI=1S/C18H19FO2/c1-17(2,20)18(21,15-8-10-16(19)11-9-15)13-12-14-6-4-3-5-7-14/h3-13,20-21H,1-2H3/b13-12+. The van der Waals surface area contributed by atoms with Gasteiger partial charge in [-0.3, -0.25) is 0 Å². The maximum atomic E-state index is 13.1. The molecule has 0 aliphatic rings. The highest BCUT2D eigenvalue weighted by molar-refractivity contribution is 5.52. The zero-order chi connectivity index (χ0) is 15.5. The van der Waals surface area contributed by atoms with E-state index >= 15 is 0 Å². The molecule has 0 saturated carbocycles. The highest BCUT2D eigenvalue weighted by atomic mass is 19.1. The third-order valence-corrected chi connectivity index (χ3v) is 3.53. The van der Waals surface area contributed by atoms with Gasteiger partial charge in [-0.1, -0.05) is 48.5 Å². The summed E-state index contributed by atoms with van der Waals surface area (Å²) >= 11 is 0. The van der Waals surface area contributed by atoms with Crippen molar-refractivity contribution in [1.82, 2.24) is 0 Å². The van der Waals surface area contributed by atoms with Crippen LogP contribution in [0.1, 0.15) is 25.0 Å². The lowest BCUT2D eigenvalue weighted by Gasteiger charge is -2.37. The molecule has 2 nitrogen and oxygen atoms in total. The summed E-state index contributed by atoms with van der Waals surface area (Å²) in [5, 5.41) is 21.3. The van der Waals surface area contributed by atoms with Crippen molar-refractivity contribution in [3.63, 3.8) is 0 Å². The van der Waals surface area contributed by atoms with Crippen LogP contribution in [0, 0.1) is 5.82 Å². The molecule has 0 fully saturated rings. The third kappa shape index (κ3) is 3.38. The number of hydrogen-bond donors (Lipinski definition) is 2. The van der Waals surface area contributed by atoms with E-state index in [2.05, 4.69) is 0 Å². The van der Waals surface area contributed by atoms with Gasteiger partial charge in [0.05, 0.1) is 5.60 Å². The molecule has 2 N–H and O–H groups in total. The van der Waals surface area contributed by atoms with E-state index in [0.717, 1.165) is 5.56 Å². The molecule has 2 aromatic rings. The summed E-state index contributed by atoms with van der Waals surface area (Å²) in [6.07, 6.45) is 3.27. The summed E-state index contributed by atoms with van der Waals surface area (Å²) in [4.78, 5) is 0. The molecule has 3 heteroatoms. The Morgan fingerprint density at radius 2 is 1.48 bits per heavy atom. The van der Waals surface area contributed by atoms with E-state index in [9.17, 15) is 14.6 Å². The smallest absolute Gasteiger partial charge is 0.136 e. The minimum atomic E-state index is -1.61. The highest BCUT2D eigenvalue weighted by Crippen LogP contribution is 2.35. The maximum Gasteiger partial charge on any atom is 0.136 e. The van der Waals surface area contributed by atoms with Crippen LogP contribution in [-0.2, 0) is 5.60 Å². The predicted octanol–water partition coefficient (Wildman–Crippen LogP) is 3.50. The minimum Gasteiger partial charge on any atom is -0.387 e. The fourth-order valence-electron chi connectivity index (χ4n) is 2.14. The Morgan fingerprint density at radius 3 is 2.00 bits per heavy atom. The van der Waals surface area contributed by atoms with Crippen LogP contribution in [0.15, 0.2) is 60.7 Å². The topological polar surface area (TPSA) is 40.5 Å². The molecule has 2 aromatic carbocycles. The Kier molecular flexibility index (Phi) is 4.26. The van der Waals surface area contributed by atoms with Gasteiger partial charge in [-0.25, -0.2) is 4.39 Å². The number of halogens is 1. The van der Waals surface area contributed by atoms with Gasteiger partial charge in [0.15, 0.2) is 0 Å². The highest BCUT2D eigenvalue weighted by Gasteiger charge is 2.41. The van der Waals surface area contributed by atoms with E-state index in [1.54, 1.807) is 6.08 Å². The third-order valence-electron chi connectivity index (χ3n) is 3.53. The monoisotopic (exact) mass is 286 g/mol. The molecule has 0 aliphatic heterocycles. The summed E-state index contributed by atoms with van der Waals surface area (Å²) in [6.45, 7) is 3.04. The molecule has 0 saturated heterocycles. The first-order valence-corrected chi connectivity index (χ1v) is 6.78. The number of benzene rings is 2. The molecule has 110 valence electrons. The normalized spacial score (nSPS) is 15.1. The van der Waals surface area contributed by atoms with Crippen molar-refractivity contribution in [3.8, 4) is 0 Å². The lowest BCUT2D eigenvalue weighted by molar-refractivity contribution is -0.104. The molecule has 0 radical (unpaired) electrons. The van der Waals surface area contributed by atoms with E-state index in [-0.39, 0.29) is 5.82 Å². The summed E-state index contributed by atoms with van der Waals surface area (Å²) in [5.41, 5.74) is -1.70. The number of aliphatic hydroxyl groups is 2. The molecule has 2 rings (SSSR count). The van der Waals surface area contributed by atoms with Gasteiger partial charge in [0.1, 0.15) is 11.4 Å². The quantitative estimate of drug-likeness (QED) is 0.903. The van der Waals surface area contributed by atoms with Crippen molar-refractivity contribution < 1.29 is 14.6 Å². The zero-order valence-corrected chi connectivity index (χ0v) is 12.1. The molecule has 0 spiro atoms. The molecule has 21 heavy (non-hydrogen) atoms. The Morgan fingerprint density at radius 1 is 0.905 bits per heavy atom. The van der Waals surface area contributed by atoms with Crippen LogP contribution in [0.3, 0.4) is 0 Å². The molecule has 1 unspecified atom stereocenters. The van der Waals surface area contributed by atoms with Gasteiger partial charge in [0.25, 0.3) is 0 Å². The fraction of sp³-hybridized carbons (Fsp3) is 0.222. The zero-order valence-electron chi connectivity index (χ0n) is 12.1. The largest absolute Gasteiger partial charge is 0.387 e. The number of rotatable bonds is 4. The average molecular weight is 286 g/mol. The van der Waals surface area contributed by atoms with Crippen molar-refractivity contribution in [2.75, 3.05) is 0 Å². The average Bonchev–Trinajstić information content (AvgIpc) is 2.45. The molecular weight excluding hydrogens is 267 g/mol. The second-order valence-corrected chi connectivity index (χ2v) is 5.58. The SMILES string of the molecule is CC(C)(O)C(O)(/C=C/c1ccccc1)c1ccc(F)cc1. The van der Waals surface area contributed by atoms with Crippen molar-refractivity contribution in [3.05, 3.63) is 77.6 Å². The first-order chi connectivity index (χ1) is 9.83. The number of hydrogen-bond acceptors (Lipinski definition) is 2. The lowest BCUT2D eigenvalue weighted by Crippen LogP contribution is -2.45. The van der Waals surface area contributed by atoms with Gasteiger partial charge in [-0.15, -0.1) is 0 Å². The minimum absolute atomic E-state index is 0.385. The van der Waals surface area contributed by atoms with Gasteiger partial charge < -0.3 is 10.2 Å². The molecule has 0 bridgehead atoms. The van der Waals surface area contributed by atoms with Crippen LogP contribution < -0.4 is 0 Å². The maximum absolute atomic E-state index is 13.1. The Hall–Kier alpha value is -1.97. The Bertz CT molecular complexity index is 612.